The molecule has 0 aliphatic carbocycles. The lowest BCUT2D eigenvalue weighted by molar-refractivity contribution is -0.125. The van der Waals surface area contributed by atoms with Gasteiger partial charge in [0.15, 0.2) is 0 Å². The van der Waals surface area contributed by atoms with Crippen LogP contribution in [-0.2, 0) is 16.1 Å². The number of hydrogen-bond donors (Lipinski definition) is 2. The molecule has 1 saturated heterocycles. The van der Waals surface area contributed by atoms with Crippen LogP contribution in [0, 0.1) is 0 Å². The number of halogens is 2. The van der Waals surface area contributed by atoms with Gasteiger partial charge in [-0.2, -0.15) is 0 Å². The first kappa shape index (κ1) is 20.9. The molecule has 8 heteroatoms. The molecule has 1 fully saturated rings. The van der Waals surface area contributed by atoms with Crippen molar-refractivity contribution >= 4 is 36.5 Å². The molecule has 0 bridgehead atoms. The van der Waals surface area contributed by atoms with Crippen molar-refractivity contribution in [3.05, 3.63) is 23.9 Å². The van der Waals surface area contributed by atoms with E-state index in [1.165, 1.54) is 0 Å². The summed E-state index contributed by atoms with van der Waals surface area (Å²) in [5.74, 6) is 0.775. The van der Waals surface area contributed by atoms with E-state index in [2.05, 4.69) is 15.2 Å². The number of hydrogen-bond acceptors (Lipinski definition) is 5. The average molecular weight is 351 g/mol. The number of rotatable bonds is 4. The number of pyridine rings is 1. The largest absolute Gasteiger partial charge is 0.378 e. The molecule has 22 heavy (non-hydrogen) atoms. The summed E-state index contributed by atoms with van der Waals surface area (Å²) >= 11 is 0. The lowest BCUT2D eigenvalue weighted by Crippen LogP contribution is -2.48. The maximum absolute atomic E-state index is 11.7. The van der Waals surface area contributed by atoms with Crippen molar-refractivity contribution in [2.75, 3.05) is 31.2 Å². The lowest BCUT2D eigenvalue weighted by Gasteiger charge is -2.27. The summed E-state index contributed by atoms with van der Waals surface area (Å²) < 4.78 is 5.31. The number of anilines is 1. The van der Waals surface area contributed by atoms with E-state index in [9.17, 15) is 4.79 Å². The minimum Gasteiger partial charge on any atom is -0.378 e. The highest BCUT2D eigenvalue weighted by atomic mass is 35.5. The summed E-state index contributed by atoms with van der Waals surface area (Å²) in [5, 5.41) is 2.80. The zero-order valence-electron chi connectivity index (χ0n) is 12.9. The fourth-order valence-corrected chi connectivity index (χ4v) is 1.91. The van der Waals surface area contributed by atoms with Gasteiger partial charge in [0.25, 0.3) is 0 Å². The highest BCUT2D eigenvalue weighted by molar-refractivity contribution is 5.85. The number of carbonyl (C=O) groups is 1. The Kier molecular flexibility index (Phi) is 8.70. The molecule has 1 aromatic heterocycles. The zero-order valence-corrected chi connectivity index (χ0v) is 14.5. The van der Waals surface area contributed by atoms with Crippen LogP contribution in [0.2, 0.25) is 0 Å². The van der Waals surface area contributed by atoms with Crippen LogP contribution in [0.25, 0.3) is 0 Å². The molecular formula is C14H24Cl2N4O2. The van der Waals surface area contributed by atoms with Crippen molar-refractivity contribution in [1.29, 1.82) is 0 Å². The molecule has 0 aromatic carbocycles. The van der Waals surface area contributed by atoms with Gasteiger partial charge in [0.1, 0.15) is 5.82 Å². The number of nitrogens with zero attached hydrogens (tertiary/aromatic N) is 2. The lowest BCUT2D eigenvalue weighted by atomic mass is 10.1. The fourth-order valence-electron chi connectivity index (χ4n) is 1.91. The summed E-state index contributed by atoms with van der Waals surface area (Å²) in [7, 11) is 0. The van der Waals surface area contributed by atoms with E-state index in [0.717, 1.165) is 37.7 Å². The Labute approximate surface area is 143 Å². The zero-order chi connectivity index (χ0) is 14.6. The third-order valence-corrected chi connectivity index (χ3v) is 3.18. The second-order valence-corrected chi connectivity index (χ2v) is 5.53. The summed E-state index contributed by atoms with van der Waals surface area (Å²) in [6.45, 7) is 7.02. The van der Waals surface area contributed by atoms with E-state index >= 15 is 0 Å². The van der Waals surface area contributed by atoms with Gasteiger partial charge in [0.05, 0.1) is 18.8 Å². The van der Waals surface area contributed by atoms with Crippen LogP contribution in [-0.4, -0.2) is 42.7 Å². The van der Waals surface area contributed by atoms with Gasteiger partial charge in [0.2, 0.25) is 5.91 Å². The molecule has 0 unspecified atom stereocenters. The topological polar surface area (TPSA) is 80.5 Å². The molecule has 1 aliphatic rings. The monoisotopic (exact) mass is 350 g/mol. The fraction of sp³-hybridized carbons (Fsp3) is 0.571. The third kappa shape index (κ3) is 5.96. The Morgan fingerprint density at radius 1 is 1.36 bits per heavy atom. The average Bonchev–Trinajstić information content (AvgIpc) is 2.45. The first-order chi connectivity index (χ1) is 9.47. The Balaban J connectivity index is 0.00000220. The van der Waals surface area contributed by atoms with Crippen molar-refractivity contribution in [2.45, 2.75) is 25.9 Å². The van der Waals surface area contributed by atoms with Crippen LogP contribution in [0.4, 0.5) is 5.82 Å². The highest BCUT2D eigenvalue weighted by Crippen LogP contribution is 2.13. The highest BCUT2D eigenvalue weighted by Gasteiger charge is 2.21. The molecule has 1 aromatic rings. The van der Waals surface area contributed by atoms with Crippen molar-refractivity contribution in [2.24, 2.45) is 5.73 Å². The summed E-state index contributed by atoms with van der Waals surface area (Å²) in [5.41, 5.74) is 5.82. The molecule has 1 amide bonds. The maximum Gasteiger partial charge on any atom is 0.239 e. The Bertz CT molecular complexity index is 457. The molecule has 6 nitrogen and oxygen atoms in total. The van der Waals surface area contributed by atoms with Gasteiger partial charge in [-0.1, -0.05) is 6.07 Å². The molecule has 0 saturated carbocycles. The number of nitrogens with one attached hydrogen (secondary N) is 1. The molecule has 3 N–H and O–H groups in total. The van der Waals surface area contributed by atoms with Crippen LogP contribution >= 0.6 is 24.8 Å². The molecule has 0 spiro atoms. The Morgan fingerprint density at radius 3 is 2.50 bits per heavy atom. The van der Waals surface area contributed by atoms with Crippen LogP contribution in [0.1, 0.15) is 19.4 Å². The number of amides is 1. The van der Waals surface area contributed by atoms with Gasteiger partial charge < -0.3 is 20.7 Å². The minimum atomic E-state index is -0.860. The molecular weight excluding hydrogens is 327 g/mol. The summed E-state index contributed by atoms with van der Waals surface area (Å²) in [6.07, 6.45) is 1.79. The van der Waals surface area contributed by atoms with Gasteiger partial charge in [-0.25, -0.2) is 4.98 Å². The SMILES string of the molecule is CC(C)(N)C(=O)NCc1ccc(N2CCOCC2)nc1.Cl.Cl. The normalized spacial score (nSPS) is 14.6. The first-order valence-electron chi connectivity index (χ1n) is 6.81. The number of ether oxygens (including phenoxy) is 1. The summed E-state index contributed by atoms with van der Waals surface area (Å²) in [6, 6.07) is 3.95. The number of aromatic nitrogens is 1. The molecule has 0 radical (unpaired) electrons. The minimum absolute atomic E-state index is 0. The van der Waals surface area contributed by atoms with Crippen LogP contribution < -0.4 is 16.0 Å². The van der Waals surface area contributed by atoms with Gasteiger partial charge >= 0.3 is 0 Å². The van der Waals surface area contributed by atoms with Gasteiger partial charge in [0, 0.05) is 25.8 Å². The molecule has 126 valence electrons. The van der Waals surface area contributed by atoms with Crippen LogP contribution in [0.5, 0.6) is 0 Å². The van der Waals surface area contributed by atoms with Crippen LogP contribution in [0.3, 0.4) is 0 Å². The van der Waals surface area contributed by atoms with Crippen molar-refractivity contribution in [1.82, 2.24) is 10.3 Å². The predicted octanol–water partition coefficient (Wildman–Crippen LogP) is 1.12. The van der Waals surface area contributed by atoms with E-state index in [4.69, 9.17) is 10.5 Å². The summed E-state index contributed by atoms with van der Waals surface area (Å²) in [4.78, 5) is 18.3. The van der Waals surface area contributed by atoms with Crippen molar-refractivity contribution in [3.8, 4) is 0 Å². The Morgan fingerprint density at radius 2 is 2.00 bits per heavy atom. The number of nitrogens with two attached hydrogens (primary N) is 1. The first-order valence-corrected chi connectivity index (χ1v) is 6.81. The van der Waals surface area contributed by atoms with Gasteiger partial charge in [-0.05, 0) is 25.5 Å². The second-order valence-electron chi connectivity index (χ2n) is 5.53. The standard InChI is InChI=1S/C14H22N4O2.2ClH/c1-14(2,15)13(19)17-10-11-3-4-12(16-9-11)18-5-7-20-8-6-18;;/h3-4,9H,5-8,10,15H2,1-2H3,(H,17,19);2*1H. The molecule has 0 atom stereocenters. The van der Waals surface area contributed by atoms with Gasteiger partial charge in [-0.15, -0.1) is 24.8 Å². The van der Waals surface area contributed by atoms with E-state index in [1.54, 1.807) is 20.0 Å². The van der Waals surface area contributed by atoms with Crippen molar-refractivity contribution in [3.63, 3.8) is 0 Å². The van der Waals surface area contributed by atoms with E-state index in [1.807, 2.05) is 12.1 Å². The van der Waals surface area contributed by atoms with E-state index in [0.29, 0.717) is 6.54 Å². The quantitative estimate of drug-likeness (QED) is 0.850. The molecule has 2 rings (SSSR count). The number of carbonyl (C=O) groups excluding carboxylic acids is 1. The molecule has 1 aliphatic heterocycles. The third-order valence-electron chi connectivity index (χ3n) is 3.18. The molecule has 2 heterocycles. The Hall–Kier alpha value is -1.08. The van der Waals surface area contributed by atoms with Crippen LogP contribution in [0.15, 0.2) is 18.3 Å². The van der Waals surface area contributed by atoms with Gasteiger partial charge in [-0.3, -0.25) is 4.79 Å². The second kappa shape index (κ2) is 9.15. The number of morpholine rings is 1. The van der Waals surface area contributed by atoms with E-state index < -0.39 is 5.54 Å². The van der Waals surface area contributed by atoms with E-state index in [-0.39, 0.29) is 30.7 Å². The smallest absolute Gasteiger partial charge is 0.239 e. The maximum atomic E-state index is 11.7. The van der Waals surface area contributed by atoms with Crippen molar-refractivity contribution < 1.29 is 9.53 Å². The predicted molar refractivity (Wildman–Crippen MR) is 91.9 cm³/mol.